The molecule has 2 aromatic heterocycles. The fourth-order valence-electron chi connectivity index (χ4n) is 17.1. The van der Waals surface area contributed by atoms with Crippen molar-refractivity contribution < 1.29 is 72.6 Å². The van der Waals surface area contributed by atoms with Crippen molar-refractivity contribution in [3.05, 3.63) is 22.8 Å². The molecule has 3 amide bonds. The topological polar surface area (TPSA) is 332 Å². The minimum absolute atomic E-state index is 0.0249. The van der Waals surface area contributed by atoms with Crippen molar-refractivity contribution in [1.29, 1.82) is 0 Å². The fraction of sp³-hybridized carbons (Fsp3) is 0.857. The van der Waals surface area contributed by atoms with Gasteiger partial charge in [-0.2, -0.15) is 0 Å². The van der Waals surface area contributed by atoms with Gasteiger partial charge in [0.2, 0.25) is 5.91 Å². The molecule has 24 nitrogen and oxygen atoms in total. The Hall–Kier alpha value is -6.04. The van der Waals surface area contributed by atoms with Gasteiger partial charge in [-0.1, -0.05) is 230 Å². The molecule has 4 aliphatic carbocycles. The van der Waals surface area contributed by atoms with Crippen molar-refractivity contribution in [2.75, 3.05) is 60.3 Å². The summed E-state index contributed by atoms with van der Waals surface area (Å²) in [5.74, 6) is 0.330. The first-order chi connectivity index (χ1) is 52.5. The van der Waals surface area contributed by atoms with E-state index < -0.39 is 34.6 Å². The maximum absolute atomic E-state index is 13.9. The van der Waals surface area contributed by atoms with Gasteiger partial charge in [-0.15, -0.1) is 10.2 Å². The molecule has 0 bridgehead atoms. The number of aliphatic carboxylic acids is 3. The Labute approximate surface area is 647 Å². The lowest BCUT2D eigenvalue weighted by Crippen LogP contribution is -2.47. The highest BCUT2D eigenvalue weighted by Crippen LogP contribution is 2.54. The number of alkyl carbamates (subject to hydrolysis) is 2. The number of carboxylic acid groups (broad SMARTS) is 3. The third-order valence-corrected chi connectivity index (χ3v) is 24.0. The summed E-state index contributed by atoms with van der Waals surface area (Å²) in [7, 11) is 3.15. The molecule has 0 spiro atoms. The molecule has 616 valence electrons. The summed E-state index contributed by atoms with van der Waals surface area (Å²) in [4.78, 5) is 98.1. The number of Topliss-reactive ketones (excluding diaryl/α,β-unsaturated/α-hetero) is 2. The number of hydrogen-bond acceptors (Lipinski definition) is 16. The van der Waals surface area contributed by atoms with Gasteiger partial charge in [-0.05, 0) is 139 Å². The molecule has 2 saturated carbocycles. The van der Waals surface area contributed by atoms with Gasteiger partial charge in [-0.3, -0.25) is 28.8 Å². The standard InChI is InChI=1S/C43H74N4O7.C41H71N5O8/c1-4-5-6-7-8-10-13-16-19-28-43(34(2)48,29-20-17-14-11-9-12-15-18-23-41(50)51)40(49)22-21-31-53-32-30-47-39-27-25-36-35(24-26-38(39)45-46-47)37(36)33-54-42(52)44-3;1-3-4-5-6-7-9-12-15-18-25-41(39(50)51,26-19-16-13-10-8-11-14-17-20-37(47)48)38(49)43-27-29-53-30-28-46-36-24-22-33-32(21-23-35(36)44-45-46)34(33)31-54-40(52)42-2/h35-37H,4-33H2,1-3H3,(H,44,52)(H,50,51);32-34H,3-31H2,1-2H3,(H,42,52)(H,43,49)(H,47,48)(H,50,51)/t35-,36+,37-,43?;32-,33+,34-,41?/m11/s1. The van der Waals surface area contributed by atoms with E-state index in [1.165, 1.54) is 82.7 Å². The maximum Gasteiger partial charge on any atom is 0.406 e. The van der Waals surface area contributed by atoms with Gasteiger partial charge in [0.25, 0.3) is 0 Å². The number of nitrogens with zero attached hydrogens (tertiary/aromatic N) is 6. The second kappa shape index (κ2) is 54.6. The molecule has 6 N–H and O–H groups in total. The monoisotopic (exact) mass is 1520 g/mol. The Balaban J connectivity index is 0.000000387. The number of fused-ring (bicyclic) bond motifs is 4. The first-order valence-corrected chi connectivity index (χ1v) is 43.1. The van der Waals surface area contributed by atoms with Crippen molar-refractivity contribution in [3.63, 3.8) is 0 Å². The van der Waals surface area contributed by atoms with Crippen molar-refractivity contribution in [2.24, 2.45) is 46.3 Å². The molecule has 108 heavy (non-hydrogen) atoms. The highest BCUT2D eigenvalue weighted by atomic mass is 16.6. The summed E-state index contributed by atoms with van der Waals surface area (Å²) in [6.45, 7) is 10.1. The van der Waals surface area contributed by atoms with Crippen LogP contribution in [0.5, 0.6) is 0 Å². The Morgan fingerprint density at radius 1 is 0.426 bits per heavy atom. The first-order valence-electron chi connectivity index (χ1n) is 43.1. The quantitative estimate of drug-likeness (QED) is 0.0265. The van der Waals surface area contributed by atoms with E-state index in [-0.39, 0.29) is 49.7 Å². The van der Waals surface area contributed by atoms with E-state index in [4.69, 9.17) is 29.2 Å². The number of carbonyl (C=O) groups is 8. The number of carboxylic acids is 3. The second-order valence-corrected chi connectivity index (χ2v) is 31.9. The lowest BCUT2D eigenvalue weighted by molar-refractivity contribution is -0.157. The van der Waals surface area contributed by atoms with Crippen molar-refractivity contribution in [2.45, 2.75) is 355 Å². The SMILES string of the molecule is CCCCCCCCCCCC(CCCCCCCCCCC(=O)O)(C(=O)O)C(=O)NCCOCCn1nnc2c1CC[C@H]1[C@@H](CC2)[C@H]1COC(=O)NC.CCCCCCCCCCCC(CCCCCCCCCCC(=O)O)(C(C)=O)C(=O)CCCOCCn1nnc2c1CC[C@H]1[C@@H](CC2)[C@H]1COC(=O)NC. The number of rotatable bonds is 63. The highest BCUT2D eigenvalue weighted by Gasteiger charge is 2.52. The lowest BCUT2D eigenvalue weighted by atomic mass is 9.70. The highest BCUT2D eigenvalue weighted by molar-refractivity contribution is 6.06. The molecule has 24 heteroatoms. The Morgan fingerprint density at radius 2 is 0.769 bits per heavy atom. The van der Waals surface area contributed by atoms with Crippen LogP contribution in [-0.4, -0.2) is 153 Å². The van der Waals surface area contributed by atoms with E-state index in [0.717, 1.165) is 197 Å². The third kappa shape index (κ3) is 34.7. The van der Waals surface area contributed by atoms with Gasteiger partial charge in [0.05, 0.1) is 74.3 Å². The van der Waals surface area contributed by atoms with Gasteiger partial charge >= 0.3 is 30.1 Å². The molecular weight excluding hydrogens is 1370 g/mol. The Morgan fingerprint density at radius 3 is 1.12 bits per heavy atom. The molecule has 4 aliphatic rings. The number of ether oxygens (including phenoxy) is 4. The number of ketones is 2. The van der Waals surface area contributed by atoms with Crippen molar-refractivity contribution in [1.82, 2.24) is 45.9 Å². The van der Waals surface area contributed by atoms with E-state index in [9.17, 15) is 43.5 Å². The lowest BCUT2D eigenvalue weighted by Gasteiger charge is -2.30. The summed E-state index contributed by atoms with van der Waals surface area (Å²) >= 11 is 0. The van der Waals surface area contributed by atoms with Crippen LogP contribution in [0.4, 0.5) is 9.59 Å². The van der Waals surface area contributed by atoms with Crippen molar-refractivity contribution >= 4 is 47.6 Å². The normalized spacial score (nSPS) is 18.8. The van der Waals surface area contributed by atoms with Crippen LogP contribution in [0.3, 0.4) is 0 Å². The van der Waals surface area contributed by atoms with Crippen LogP contribution in [0, 0.1) is 46.3 Å². The second-order valence-electron chi connectivity index (χ2n) is 31.9. The summed E-state index contributed by atoms with van der Waals surface area (Å²) in [6, 6.07) is 0. The van der Waals surface area contributed by atoms with E-state index in [1.54, 1.807) is 21.0 Å². The van der Waals surface area contributed by atoms with Crippen LogP contribution in [0.15, 0.2) is 0 Å². The Kier molecular flexibility index (Phi) is 46.8. The number of nitrogens with one attached hydrogen (secondary N) is 3. The zero-order valence-corrected chi connectivity index (χ0v) is 67.6. The molecule has 2 fully saturated rings. The van der Waals surface area contributed by atoms with Gasteiger partial charge in [0.1, 0.15) is 17.0 Å². The van der Waals surface area contributed by atoms with E-state index in [2.05, 4.69) is 50.4 Å². The summed E-state index contributed by atoms with van der Waals surface area (Å²) in [5.41, 5.74) is 2.10. The first kappa shape index (κ1) is 92.6. The van der Waals surface area contributed by atoms with Gasteiger partial charge in [0, 0.05) is 46.5 Å². The van der Waals surface area contributed by atoms with Crippen LogP contribution in [0.1, 0.15) is 339 Å². The number of amides is 3. The molecule has 0 radical (unpaired) electrons. The average molecular weight is 1520 g/mol. The molecule has 2 unspecified atom stereocenters. The van der Waals surface area contributed by atoms with Gasteiger partial charge in [0.15, 0.2) is 0 Å². The predicted molar refractivity (Wildman–Crippen MR) is 418 cm³/mol. The molecule has 0 aliphatic heterocycles. The van der Waals surface area contributed by atoms with Crippen LogP contribution in [-0.2, 0) is 86.5 Å². The largest absolute Gasteiger partial charge is 0.481 e. The van der Waals surface area contributed by atoms with Crippen LogP contribution < -0.4 is 16.0 Å². The maximum atomic E-state index is 13.9. The number of hydrogen-bond donors (Lipinski definition) is 6. The minimum Gasteiger partial charge on any atom is -0.481 e. The number of aryl methyl sites for hydroxylation is 2. The van der Waals surface area contributed by atoms with Crippen LogP contribution >= 0.6 is 0 Å². The van der Waals surface area contributed by atoms with Gasteiger partial charge < -0.3 is 50.2 Å². The van der Waals surface area contributed by atoms with E-state index >= 15 is 0 Å². The zero-order valence-electron chi connectivity index (χ0n) is 67.6. The average Bonchev–Trinajstić information content (AvgIpc) is 1.61. The number of unbranched alkanes of at least 4 members (excludes halogenated alkanes) is 30. The molecule has 6 rings (SSSR count). The van der Waals surface area contributed by atoms with Crippen LogP contribution in [0.25, 0.3) is 0 Å². The summed E-state index contributed by atoms with van der Waals surface area (Å²) in [6.07, 6.45) is 46.4. The number of aromatic nitrogens is 6. The number of carbonyl (C=O) groups excluding carboxylic acids is 5. The minimum atomic E-state index is -1.44. The van der Waals surface area contributed by atoms with E-state index in [1.807, 2.05) is 9.36 Å². The Bertz CT molecular complexity index is 2700. The third-order valence-electron chi connectivity index (χ3n) is 24.0. The van der Waals surface area contributed by atoms with Crippen LogP contribution in [0.2, 0.25) is 0 Å². The predicted octanol–water partition coefficient (Wildman–Crippen LogP) is 16.7. The molecule has 8 atom stereocenters. The molecule has 0 saturated heterocycles. The fourth-order valence-corrected chi connectivity index (χ4v) is 17.1. The molecule has 2 aromatic rings. The molecular formula is C84H145N9O15. The zero-order chi connectivity index (χ0) is 78.0. The molecule has 0 aromatic carbocycles. The van der Waals surface area contributed by atoms with E-state index in [0.29, 0.717) is 133 Å². The summed E-state index contributed by atoms with van der Waals surface area (Å²) in [5, 5.41) is 53.8. The summed E-state index contributed by atoms with van der Waals surface area (Å²) < 4.78 is 26.5. The van der Waals surface area contributed by atoms with Crippen molar-refractivity contribution in [3.8, 4) is 0 Å². The van der Waals surface area contributed by atoms with Gasteiger partial charge in [-0.25, -0.2) is 19.0 Å². The smallest absolute Gasteiger partial charge is 0.406 e. The molecule has 2 heterocycles.